The number of nitrogens with zero attached hydrogens (tertiary/aromatic N) is 2. The highest BCUT2D eigenvalue weighted by Crippen LogP contribution is 2.27. The minimum atomic E-state index is -0.992. The van der Waals surface area contributed by atoms with Crippen LogP contribution in [-0.2, 0) is 0 Å². The van der Waals surface area contributed by atoms with Crippen molar-refractivity contribution < 1.29 is 9.90 Å². The molecule has 0 aliphatic rings. The highest BCUT2D eigenvalue weighted by Gasteiger charge is 2.15. The molecule has 0 aliphatic heterocycles. The average molecular weight is 267 g/mol. The number of nitrogens with one attached hydrogen (secondary N) is 1. The van der Waals surface area contributed by atoms with Crippen LogP contribution in [0.3, 0.4) is 0 Å². The summed E-state index contributed by atoms with van der Waals surface area (Å²) in [6, 6.07) is 7.46. The Morgan fingerprint density at radius 2 is 1.90 bits per heavy atom. The molecule has 5 nitrogen and oxygen atoms in total. The highest BCUT2D eigenvalue weighted by molar-refractivity contribution is 6.00. The van der Waals surface area contributed by atoms with E-state index in [0.29, 0.717) is 17.0 Å². The van der Waals surface area contributed by atoms with E-state index in [2.05, 4.69) is 15.0 Å². The van der Waals surface area contributed by atoms with Crippen LogP contribution >= 0.6 is 0 Å². The average Bonchev–Trinajstić information content (AvgIpc) is 2.81. The maximum atomic E-state index is 11.2. The quantitative estimate of drug-likeness (QED) is 0.748. The number of aromatic amines is 1. The summed E-state index contributed by atoms with van der Waals surface area (Å²) in [5.74, 6) is -0.342. The SMILES string of the molecule is Cc1cccc(C)c1-c1nc2nccc(C(=O)O)c2[nH]1. The predicted molar refractivity (Wildman–Crippen MR) is 75.8 cm³/mol. The molecule has 3 rings (SSSR count). The molecule has 0 unspecified atom stereocenters. The van der Waals surface area contributed by atoms with E-state index in [0.717, 1.165) is 16.7 Å². The first-order valence-electron chi connectivity index (χ1n) is 6.22. The predicted octanol–water partition coefficient (Wildman–Crippen LogP) is 2.94. The molecule has 0 saturated heterocycles. The van der Waals surface area contributed by atoms with Crippen molar-refractivity contribution in [3.05, 3.63) is 47.2 Å². The van der Waals surface area contributed by atoms with Gasteiger partial charge in [-0.05, 0) is 31.0 Å². The summed E-state index contributed by atoms with van der Waals surface area (Å²) in [7, 11) is 0. The number of hydrogen-bond donors (Lipinski definition) is 2. The van der Waals surface area contributed by atoms with Gasteiger partial charge in [-0.25, -0.2) is 14.8 Å². The smallest absolute Gasteiger partial charge is 0.338 e. The van der Waals surface area contributed by atoms with Gasteiger partial charge in [0, 0.05) is 11.8 Å². The summed E-state index contributed by atoms with van der Waals surface area (Å²) in [4.78, 5) is 22.8. The van der Waals surface area contributed by atoms with Gasteiger partial charge >= 0.3 is 5.97 Å². The number of carboxylic acid groups (broad SMARTS) is 1. The summed E-state index contributed by atoms with van der Waals surface area (Å²) in [6.45, 7) is 4.00. The van der Waals surface area contributed by atoms with E-state index in [4.69, 9.17) is 0 Å². The van der Waals surface area contributed by atoms with Crippen molar-refractivity contribution >= 4 is 17.1 Å². The molecule has 2 aromatic heterocycles. The van der Waals surface area contributed by atoms with Crippen LogP contribution < -0.4 is 0 Å². The molecule has 20 heavy (non-hydrogen) atoms. The Balaban J connectivity index is 2.29. The maximum Gasteiger partial charge on any atom is 0.338 e. The van der Waals surface area contributed by atoms with Gasteiger partial charge in [-0.1, -0.05) is 18.2 Å². The van der Waals surface area contributed by atoms with Crippen LogP contribution in [0.25, 0.3) is 22.6 Å². The number of imidazole rings is 1. The number of pyridine rings is 1. The van der Waals surface area contributed by atoms with Crippen LogP contribution in [0.4, 0.5) is 0 Å². The Labute approximate surface area is 115 Å². The largest absolute Gasteiger partial charge is 0.478 e. The van der Waals surface area contributed by atoms with E-state index in [-0.39, 0.29) is 5.56 Å². The lowest BCUT2D eigenvalue weighted by molar-refractivity contribution is 0.0699. The third kappa shape index (κ3) is 1.84. The number of hydrogen-bond acceptors (Lipinski definition) is 3. The Bertz CT molecular complexity index is 801. The van der Waals surface area contributed by atoms with E-state index < -0.39 is 5.97 Å². The number of benzene rings is 1. The van der Waals surface area contributed by atoms with Crippen molar-refractivity contribution in [1.29, 1.82) is 0 Å². The minimum absolute atomic E-state index is 0.181. The summed E-state index contributed by atoms with van der Waals surface area (Å²) in [5.41, 5.74) is 4.21. The zero-order chi connectivity index (χ0) is 14.3. The van der Waals surface area contributed by atoms with Crippen LogP contribution in [0.2, 0.25) is 0 Å². The van der Waals surface area contributed by atoms with Crippen LogP contribution in [-0.4, -0.2) is 26.0 Å². The van der Waals surface area contributed by atoms with Crippen LogP contribution in [0.5, 0.6) is 0 Å². The van der Waals surface area contributed by atoms with Gasteiger partial charge in [0.05, 0.1) is 11.1 Å². The van der Waals surface area contributed by atoms with Crippen molar-refractivity contribution in [3.63, 3.8) is 0 Å². The fourth-order valence-electron chi connectivity index (χ4n) is 2.40. The van der Waals surface area contributed by atoms with Crippen molar-refractivity contribution in [2.24, 2.45) is 0 Å². The molecule has 0 fully saturated rings. The molecule has 2 N–H and O–H groups in total. The zero-order valence-corrected chi connectivity index (χ0v) is 11.1. The lowest BCUT2D eigenvalue weighted by Gasteiger charge is -2.05. The second-order valence-corrected chi connectivity index (χ2v) is 4.71. The van der Waals surface area contributed by atoms with Gasteiger partial charge in [-0.15, -0.1) is 0 Å². The molecule has 0 bridgehead atoms. The van der Waals surface area contributed by atoms with E-state index in [1.54, 1.807) is 0 Å². The Morgan fingerprint density at radius 3 is 2.55 bits per heavy atom. The summed E-state index contributed by atoms with van der Waals surface area (Å²) < 4.78 is 0. The number of H-pyrrole nitrogens is 1. The van der Waals surface area contributed by atoms with E-state index in [9.17, 15) is 9.90 Å². The maximum absolute atomic E-state index is 11.2. The second-order valence-electron chi connectivity index (χ2n) is 4.71. The summed E-state index contributed by atoms with van der Waals surface area (Å²) >= 11 is 0. The number of carbonyl (C=O) groups is 1. The van der Waals surface area contributed by atoms with Gasteiger partial charge < -0.3 is 10.1 Å². The number of carboxylic acids is 1. The second kappa shape index (κ2) is 4.45. The normalized spacial score (nSPS) is 10.9. The van der Waals surface area contributed by atoms with Crippen LogP contribution in [0.15, 0.2) is 30.5 Å². The van der Waals surface area contributed by atoms with Crippen molar-refractivity contribution in [3.8, 4) is 11.4 Å². The molecule has 100 valence electrons. The Kier molecular flexibility index (Phi) is 2.75. The number of aromatic carboxylic acids is 1. The highest BCUT2D eigenvalue weighted by atomic mass is 16.4. The molecule has 1 aromatic carbocycles. The third-order valence-electron chi connectivity index (χ3n) is 3.34. The molecular weight excluding hydrogens is 254 g/mol. The molecule has 3 aromatic rings. The van der Waals surface area contributed by atoms with Crippen molar-refractivity contribution in [2.75, 3.05) is 0 Å². The first kappa shape index (κ1) is 12.3. The Hall–Kier alpha value is -2.69. The standard InChI is InChI=1S/C15H13N3O2/c1-8-4-3-5-9(2)11(8)13-17-12-10(15(19)20)6-7-16-14(12)18-13/h3-7H,1-2H3,(H,19,20)(H,16,17,18). The first-order chi connectivity index (χ1) is 9.58. The molecule has 0 aliphatic carbocycles. The molecule has 0 amide bonds. The van der Waals surface area contributed by atoms with Gasteiger partial charge in [-0.3, -0.25) is 0 Å². The van der Waals surface area contributed by atoms with Gasteiger partial charge in [0.1, 0.15) is 5.82 Å². The van der Waals surface area contributed by atoms with Gasteiger partial charge in [0.15, 0.2) is 5.65 Å². The third-order valence-corrected chi connectivity index (χ3v) is 3.34. The van der Waals surface area contributed by atoms with Gasteiger partial charge in [-0.2, -0.15) is 0 Å². The fraction of sp³-hybridized carbons (Fsp3) is 0.133. The molecule has 0 spiro atoms. The topological polar surface area (TPSA) is 78.9 Å². The molecule has 0 saturated carbocycles. The monoisotopic (exact) mass is 267 g/mol. The molecule has 5 heteroatoms. The summed E-state index contributed by atoms with van der Waals surface area (Å²) in [5, 5.41) is 9.20. The number of aromatic nitrogens is 3. The van der Waals surface area contributed by atoms with Crippen LogP contribution in [0.1, 0.15) is 21.5 Å². The van der Waals surface area contributed by atoms with Crippen molar-refractivity contribution in [1.82, 2.24) is 15.0 Å². The van der Waals surface area contributed by atoms with E-state index in [1.165, 1.54) is 12.3 Å². The Morgan fingerprint density at radius 1 is 1.20 bits per heavy atom. The van der Waals surface area contributed by atoms with Crippen molar-refractivity contribution in [2.45, 2.75) is 13.8 Å². The molecule has 2 heterocycles. The lowest BCUT2D eigenvalue weighted by Crippen LogP contribution is -1.97. The minimum Gasteiger partial charge on any atom is -0.478 e. The molecular formula is C15H13N3O2. The summed E-state index contributed by atoms with van der Waals surface area (Å²) in [6.07, 6.45) is 1.46. The van der Waals surface area contributed by atoms with E-state index in [1.807, 2.05) is 32.0 Å². The fourth-order valence-corrected chi connectivity index (χ4v) is 2.40. The number of rotatable bonds is 2. The number of aryl methyl sites for hydroxylation is 2. The first-order valence-corrected chi connectivity index (χ1v) is 6.22. The zero-order valence-electron chi connectivity index (χ0n) is 11.1. The van der Waals surface area contributed by atoms with Gasteiger partial charge in [0.2, 0.25) is 0 Å². The lowest BCUT2D eigenvalue weighted by atomic mass is 10.0. The van der Waals surface area contributed by atoms with Gasteiger partial charge in [0.25, 0.3) is 0 Å². The molecule has 0 atom stereocenters. The number of fused-ring (bicyclic) bond motifs is 1. The molecule has 0 radical (unpaired) electrons. The van der Waals surface area contributed by atoms with Crippen LogP contribution in [0, 0.1) is 13.8 Å². The van der Waals surface area contributed by atoms with E-state index >= 15 is 0 Å².